The van der Waals surface area contributed by atoms with Crippen LogP contribution >= 0.6 is 0 Å². The quantitative estimate of drug-likeness (QED) is 0.510. The van der Waals surface area contributed by atoms with Crippen molar-refractivity contribution >= 4 is 7.85 Å². The average molecular weight is 116 g/mol. The molecule has 0 unspecified atom stereocenters. The van der Waals surface area contributed by atoms with Crippen molar-refractivity contribution in [3.05, 3.63) is 0 Å². The predicted octanol–water partition coefficient (Wildman–Crippen LogP) is 1.27. The molecule has 0 fully saturated rings. The summed E-state index contributed by atoms with van der Waals surface area (Å²) in [6.07, 6.45) is 1.98. The SMILES string of the molecule is [B+2]CCC(C)C.[OH-].[OH-]. The Morgan fingerprint density at radius 3 is 1.62 bits per heavy atom. The zero-order valence-electron chi connectivity index (χ0n) is 5.46. The van der Waals surface area contributed by atoms with Crippen LogP contribution in [-0.2, 0) is 0 Å². The Balaban J connectivity index is -0.000000125. The van der Waals surface area contributed by atoms with Crippen LogP contribution in [0.15, 0.2) is 0 Å². The van der Waals surface area contributed by atoms with E-state index in [2.05, 4.69) is 13.8 Å². The van der Waals surface area contributed by atoms with Gasteiger partial charge in [-0.2, -0.15) is 0 Å². The first-order valence-corrected chi connectivity index (χ1v) is 2.47. The minimum atomic E-state index is 0. The van der Waals surface area contributed by atoms with E-state index in [0.717, 1.165) is 18.7 Å². The first kappa shape index (κ1) is 15.7. The van der Waals surface area contributed by atoms with Crippen molar-refractivity contribution in [2.75, 3.05) is 0 Å². The van der Waals surface area contributed by atoms with Gasteiger partial charge in [0.15, 0.2) is 0 Å². The van der Waals surface area contributed by atoms with Gasteiger partial charge in [0.2, 0.25) is 0 Å². The van der Waals surface area contributed by atoms with E-state index in [0.29, 0.717) is 0 Å². The minimum absolute atomic E-state index is 0. The Labute approximate surface area is 52.3 Å². The summed E-state index contributed by atoms with van der Waals surface area (Å²) in [4.78, 5) is 0. The van der Waals surface area contributed by atoms with Crippen LogP contribution < -0.4 is 0 Å². The monoisotopic (exact) mass is 116 g/mol. The zero-order valence-corrected chi connectivity index (χ0v) is 5.46. The minimum Gasteiger partial charge on any atom is -0.870 e. The second-order valence-electron chi connectivity index (χ2n) is 1.97. The van der Waals surface area contributed by atoms with E-state index in [1.807, 2.05) is 0 Å². The topological polar surface area (TPSA) is 60.0 Å². The summed E-state index contributed by atoms with van der Waals surface area (Å²) in [6.45, 7) is 4.35. The van der Waals surface area contributed by atoms with Gasteiger partial charge in [0.1, 0.15) is 0 Å². The summed E-state index contributed by atoms with van der Waals surface area (Å²) in [5.74, 6) is 0.773. The van der Waals surface area contributed by atoms with Gasteiger partial charge in [-0.1, -0.05) is 0 Å². The Bertz CT molecular complexity index is 31.6. The second-order valence-corrected chi connectivity index (χ2v) is 1.97. The van der Waals surface area contributed by atoms with Crippen LogP contribution in [0, 0.1) is 5.92 Å². The normalized spacial score (nSPS) is 7.62. The predicted molar refractivity (Wildman–Crippen MR) is 33.9 cm³/mol. The molecule has 0 rings (SSSR count). The van der Waals surface area contributed by atoms with E-state index in [1.165, 1.54) is 0 Å². The fourth-order valence-electron chi connectivity index (χ4n) is 0.333. The molecule has 0 aromatic carbocycles. The van der Waals surface area contributed by atoms with Crippen LogP contribution in [0.3, 0.4) is 0 Å². The van der Waals surface area contributed by atoms with Gasteiger partial charge in [0, 0.05) is 0 Å². The van der Waals surface area contributed by atoms with Gasteiger partial charge < -0.3 is 11.0 Å². The van der Waals surface area contributed by atoms with Gasteiger partial charge in [0.25, 0.3) is 0 Å². The number of hydrogen-bond donors (Lipinski definition) is 0. The summed E-state index contributed by atoms with van der Waals surface area (Å²) in [7, 11) is 5.23. The Morgan fingerprint density at radius 2 is 1.62 bits per heavy atom. The molecule has 0 aromatic heterocycles. The molecule has 0 radical (unpaired) electrons. The summed E-state index contributed by atoms with van der Waals surface area (Å²) >= 11 is 0. The summed E-state index contributed by atoms with van der Waals surface area (Å²) in [5, 5.41) is 0. The van der Waals surface area contributed by atoms with Crippen molar-refractivity contribution in [1.82, 2.24) is 0 Å². The van der Waals surface area contributed by atoms with Crippen LogP contribution in [0.5, 0.6) is 0 Å². The largest absolute Gasteiger partial charge is 0.870 e. The maximum absolute atomic E-state index is 5.23. The molecule has 3 heteroatoms. The first-order valence-electron chi connectivity index (χ1n) is 2.47. The van der Waals surface area contributed by atoms with E-state index in [4.69, 9.17) is 7.85 Å². The van der Waals surface area contributed by atoms with Crippen LogP contribution in [0.25, 0.3) is 0 Å². The van der Waals surface area contributed by atoms with E-state index in [9.17, 15) is 0 Å². The summed E-state index contributed by atoms with van der Waals surface area (Å²) in [6, 6.07) is 0. The van der Waals surface area contributed by atoms with Gasteiger partial charge >= 0.3 is 40.4 Å². The summed E-state index contributed by atoms with van der Waals surface area (Å²) < 4.78 is 0. The molecule has 0 bridgehead atoms. The molecule has 0 saturated heterocycles. The number of rotatable bonds is 2. The fraction of sp³-hybridized carbons (Fsp3) is 1.00. The third-order valence-electron chi connectivity index (χ3n) is 0.744. The third-order valence-corrected chi connectivity index (χ3v) is 0.744. The average Bonchev–Trinajstić information content (AvgIpc) is 1.35. The van der Waals surface area contributed by atoms with E-state index >= 15 is 0 Å². The van der Waals surface area contributed by atoms with Gasteiger partial charge in [-0.05, 0) is 0 Å². The molecule has 0 aliphatic carbocycles. The molecule has 8 heavy (non-hydrogen) atoms. The molecule has 0 spiro atoms. The molecule has 48 valence electrons. The van der Waals surface area contributed by atoms with Crippen molar-refractivity contribution in [2.45, 2.75) is 26.6 Å². The molecule has 0 amide bonds. The summed E-state index contributed by atoms with van der Waals surface area (Å²) in [5.41, 5.74) is 0. The van der Waals surface area contributed by atoms with E-state index < -0.39 is 0 Å². The number of hydrogen-bond acceptors (Lipinski definition) is 2. The van der Waals surface area contributed by atoms with Crippen LogP contribution in [0.2, 0.25) is 6.32 Å². The van der Waals surface area contributed by atoms with E-state index in [1.54, 1.807) is 0 Å². The fourth-order valence-corrected chi connectivity index (χ4v) is 0.333. The Kier molecular flexibility index (Phi) is 19.7. The maximum Gasteiger partial charge on any atom is -0.870 e. The van der Waals surface area contributed by atoms with Crippen molar-refractivity contribution in [2.24, 2.45) is 5.92 Å². The standard InChI is InChI=1S/C5H11B.2H2O/c1-5(2)3-4-6;;/h5H,3-4H2,1-2H3;2*1H2/q+2;;/p-2. The Hall–Kier alpha value is -0.0151. The maximum atomic E-state index is 5.23. The van der Waals surface area contributed by atoms with Crippen molar-refractivity contribution < 1.29 is 11.0 Å². The van der Waals surface area contributed by atoms with Crippen molar-refractivity contribution in [1.29, 1.82) is 0 Å². The molecule has 2 N–H and O–H groups in total. The van der Waals surface area contributed by atoms with Crippen LogP contribution in [0.1, 0.15) is 20.3 Å². The molecule has 0 atom stereocenters. The molecular formula is C5H13BO2. The smallest absolute Gasteiger partial charge is 0.870 e. The van der Waals surface area contributed by atoms with Crippen LogP contribution in [0.4, 0.5) is 0 Å². The Morgan fingerprint density at radius 1 is 1.25 bits per heavy atom. The third kappa shape index (κ3) is 16.7. The first-order chi connectivity index (χ1) is 2.77. The van der Waals surface area contributed by atoms with Gasteiger partial charge in [-0.3, -0.25) is 0 Å². The van der Waals surface area contributed by atoms with Gasteiger partial charge in [0.05, 0.1) is 0 Å². The van der Waals surface area contributed by atoms with Gasteiger partial charge in [-0.15, -0.1) is 0 Å². The molecule has 0 saturated carbocycles. The van der Waals surface area contributed by atoms with Gasteiger partial charge in [-0.25, -0.2) is 0 Å². The molecule has 0 aromatic rings. The van der Waals surface area contributed by atoms with Crippen LogP contribution in [-0.4, -0.2) is 18.8 Å². The molecule has 0 heterocycles. The molecule has 2 nitrogen and oxygen atoms in total. The van der Waals surface area contributed by atoms with E-state index in [-0.39, 0.29) is 11.0 Å². The molecular weight excluding hydrogens is 103 g/mol. The molecule has 0 aliphatic rings. The molecule has 0 aliphatic heterocycles. The zero-order chi connectivity index (χ0) is 4.99. The second kappa shape index (κ2) is 10.1. The van der Waals surface area contributed by atoms with Crippen molar-refractivity contribution in [3.8, 4) is 0 Å². The van der Waals surface area contributed by atoms with Crippen molar-refractivity contribution in [3.63, 3.8) is 0 Å².